The molecule has 0 aromatic heterocycles. The molecule has 17 heavy (non-hydrogen) atoms. The summed E-state index contributed by atoms with van der Waals surface area (Å²) in [5, 5.41) is 12.8. The fraction of sp³-hybridized carbons (Fsp3) is 0.571. The van der Waals surface area contributed by atoms with Crippen molar-refractivity contribution in [3.05, 3.63) is 29.3 Å². The van der Waals surface area contributed by atoms with E-state index in [1.807, 2.05) is 6.07 Å². The van der Waals surface area contributed by atoms with E-state index in [1.165, 1.54) is 11.1 Å². The molecule has 1 atom stereocenters. The Labute approximate surface area is 103 Å². The number of hydrogen-bond donors (Lipinski definition) is 2. The molecule has 0 radical (unpaired) electrons. The minimum Gasteiger partial charge on any atom is -0.488 e. The van der Waals surface area contributed by atoms with Gasteiger partial charge in [-0.25, -0.2) is 0 Å². The van der Waals surface area contributed by atoms with E-state index in [0.29, 0.717) is 6.54 Å². The van der Waals surface area contributed by atoms with Crippen LogP contribution in [0.4, 0.5) is 0 Å². The number of aryl methyl sites for hydroxylation is 1. The number of benzene rings is 1. The topological polar surface area (TPSA) is 41.5 Å². The largest absolute Gasteiger partial charge is 0.488 e. The van der Waals surface area contributed by atoms with Gasteiger partial charge in [-0.3, -0.25) is 0 Å². The van der Waals surface area contributed by atoms with Gasteiger partial charge >= 0.3 is 0 Å². The van der Waals surface area contributed by atoms with Crippen LogP contribution >= 0.6 is 0 Å². The van der Waals surface area contributed by atoms with Crippen molar-refractivity contribution in [2.45, 2.75) is 38.9 Å². The maximum absolute atomic E-state index is 9.60. The lowest BCUT2D eigenvalue weighted by atomic mass is 10.1. The third-order valence-corrected chi connectivity index (χ3v) is 2.89. The Morgan fingerprint density at radius 3 is 2.94 bits per heavy atom. The molecule has 1 aliphatic rings. The maximum Gasteiger partial charge on any atom is 0.123 e. The number of hydrogen-bond acceptors (Lipinski definition) is 3. The van der Waals surface area contributed by atoms with Gasteiger partial charge in [-0.05, 0) is 32.4 Å². The van der Waals surface area contributed by atoms with E-state index in [1.54, 1.807) is 13.8 Å². The molecule has 0 saturated heterocycles. The molecule has 1 heterocycles. The van der Waals surface area contributed by atoms with E-state index in [4.69, 9.17) is 4.74 Å². The Balaban J connectivity index is 1.84. The number of ether oxygens (including phenoxy) is 1. The van der Waals surface area contributed by atoms with Crippen LogP contribution in [0.3, 0.4) is 0 Å². The van der Waals surface area contributed by atoms with Gasteiger partial charge in [0.05, 0.1) is 5.60 Å². The summed E-state index contributed by atoms with van der Waals surface area (Å²) in [6.07, 6.45) is 1.14. The smallest absolute Gasteiger partial charge is 0.123 e. The van der Waals surface area contributed by atoms with E-state index in [2.05, 4.69) is 24.4 Å². The second-order valence-electron chi connectivity index (χ2n) is 5.50. The summed E-state index contributed by atoms with van der Waals surface area (Å²) < 4.78 is 5.83. The van der Waals surface area contributed by atoms with Gasteiger partial charge in [0.2, 0.25) is 0 Å². The zero-order chi connectivity index (χ0) is 12.5. The maximum atomic E-state index is 9.60. The van der Waals surface area contributed by atoms with Crippen molar-refractivity contribution in [2.24, 2.45) is 0 Å². The molecule has 0 aliphatic carbocycles. The summed E-state index contributed by atoms with van der Waals surface area (Å²) in [4.78, 5) is 0. The molecule has 1 aromatic carbocycles. The summed E-state index contributed by atoms with van der Waals surface area (Å²) in [6, 6.07) is 6.30. The summed E-state index contributed by atoms with van der Waals surface area (Å²) >= 11 is 0. The van der Waals surface area contributed by atoms with Gasteiger partial charge in [0.25, 0.3) is 0 Å². The Morgan fingerprint density at radius 2 is 2.24 bits per heavy atom. The van der Waals surface area contributed by atoms with E-state index in [9.17, 15) is 5.11 Å². The van der Waals surface area contributed by atoms with E-state index in [-0.39, 0.29) is 6.10 Å². The Kier molecular flexibility index (Phi) is 3.40. The van der Waals surface area contributed by atoms with Gasteiger partial charge in [0.15, 0.2) is 0 Å². The first-order valence-electron chi connectivity index (χ1n) is 6.13. The fourth-order valence-corrected chi connectivity index (χ4v) is 2.10. The molecule has 2 rings (SSSR count). The summed E-state index contributed by atoms with van der Waals surface area (Å²) in [7, 11) is 0. The predicted octanol–water partition coefficient (Wildman–Crippen LogP) is 1.66. The molecule has 0 amide bonds. The standard InChI is InChI=1S/C14H21NO2/c1-10-4-5-13-11(6-10)7-12(17-13)8-15-9-14(2,3)16/h4-6,12,15-16H,7-9H2,1-3H3. The van der Waals surface area contributed by atoms with Crippen LogP contribution in [0.5, 0.6) is 5.75 Å². The Bertz CT molecular complexity index is 396. The second-order valence-corrected chi connectivity index (χ2v) is 5.50. The minimum atomic E-state index is -0.665. The van der Waals surface area contributed by atoms with Crippen LogP contribution in [0.25, 0.3) is 0 Å². The zero-order valence-corrected chi connectivity index (χ0v) is 10.8. The van der Waals surface area contributed by atoms with Gasteiger partial charge in [-0.2, -0.15) is 0 Å². The third-order valence-electron chi connectivity index (χ3n) is 2.89. The van der Waals surface area contributed by atoms with Crippen molar-refractivity contribution in [2.75, 3.05) is 13.1 Å². The molecule has 1 aromatic rings. The quantitative estimate of drug-likeness (QED) is 0.834. The predicted molar refractivity (Wildman–Crippen MR) is 68.5 cm³/mol. The van der Waals surface area contributed by atoms with Crippen LogP contribution in [-0.2, 0) is 6.42 Å². The van der Waals surface area contributed by atoms with E-state index < -0.39 is 5.60 Å². The van der Waals surface area contributed by atoms with E-state index in [0.717, 1.165) is 18.7 Å². The average Bonchev–Trinajstić information content (AvgIpc) is 2.57. The minimum absolute atomic E-state index is 0.189. The lowest BCUT2D eigenvalue weighted by molar-refractivity contribution is 0.0766. The molecule has 1 aliphatic heterocycles. The average molecular weight is 235 g/mol. The fourth-order valence-electron chi connectivity index (χ4n) is 2.10. The molecule has 0 spiro atoms. The molecule has 0 saturated carbocycles. The molecular formula is C14H21NO2. The second kappa shape index (κ2) is 4.67. The summed E-state index contributed by atoms with van der Waals surface area (Å²) in [6.45, 7) is 7.06. The summed E-state index contributed by atoms with van der Waals surface area (Å²) in [5.41, 5.74) is 1.90. The molecule has 3 nitrogen and oxygen atoms in total. The van der Waals surface area contributed by atoms with Crippen molar-refractivity contribution in [1.29, 1.82) is 0 Å². The SMILES string of the molecule is Cc1ccc2c(c1)CC(CNCC(C)(C)O)O2. The van der Waals surface area contributed by atoms with Crippen molar-refractivity contribution < 1.29 is 9.84 Å². The molecule has 2 N–H and O–H groups in total. The first-order chi connectivity index (χ1) is 7.94. The lowest BCUT2D eigenvalue weighted by Crippen LogP contribution is -2.39. The van der Waals surface area contributed by atoms with Crippen LogP contribution in [-0.4, -0.2) is 29.9 Å². The van der Waals surface area contributed by atoms with Crippen LogP contribution in [0.2, 0.25) is 0 Å². The number of rotatable bonds is 4. The van der Waals surface area contributed by atoms with Crippen molar-refractivity contribution in [3.63, 3.8) is 0 Å². The highest BCUT2D eigenvalue weighted by atomic mass is 16.5. The summed E-state index contributed by atoms with van der Waals surface area (Å²) in [5.74, 6) is 1.01. The highest BCUT2D eigenvalue weighted by Crippen LogP contribution is 2.29. The first kappa shape index (κ1) is 12.4. The zero-order valence-electron chi connectivity index (χ0n) is 10.8. The number of fused-ring (bicyclic) bond motifs is 1. The molecule has 1 unspecified atom stereocenters. The van der Waals surface area contributed by atoms with Gasteiger partial charge in [0.1, 0.15) is 11.9 Å². The van der Waals surface area contributed by atoms with Crippen LogP contribution in [0.1, 0.15) is 25.0 Å². The van der Waals surface area contributed by atoms with Gasteiger partial charge in [-0.1, -0.05) is 17.7 Å². The molecular weight excluding hydrogens is 214 g/mol. The Morgan fingerprint density at radius 1 is 1.47 bits per heavy atom. The van der Waals surface area contributed by atoms with E-state index >= 15 is 0 Å². The number of nitrogens with one attached hydrogen (secondary N) is 1. The van der Waals surface area contributed by atoms with Crippen molar-refractivity contribution in [1.82, 2.24) is 5.32 Å². The lowest BCUT2D eigenvalue weighted by Gasteiger charge is -2.19. The molecule has 94 valence electrons. The third kappa shape index (κ3) is 3.45. The molecule has 3 heteroatoms. The molecule has 0 fully saturated rings. The molecule has 0 bridgehead atoms. The monoisotopic (exact) mass is 235 g/mol. The van der Waals surface area contributed by atoms with Crippen molar-refractivity contribution >= 4 is 0 Å². The normalized spacial score (nSPS) is 18.9. The van der Waals surface area contributed by atoms with Gasteiger partial charge in [-0.15, -0.1) is 0 Å². The van der Waals surface area contributed by atoms with Gasteiger partial charge < -0.3 is 15.2 Å². The van der Waals surface area contributed by atoms with Crippen LogP contribution < -0.4 is 10.1 Å². The van der Waals surface area contributed by atoms with Crippen molar-refractivity contribution in [3.8, 4) is 5.75 Å². The first-order valence-corrected chi connectivity index (χ1v) is 6.13. The van der Waals surface area contributed by atoms with Gasteiger partial charge in [0, 0.05) is 19.5 Å². The Hall–Kier alpha value is -1.06. The highest BCUT2D eigenvalue weighted by molar-refractivity contribution is 5.40. The highest BCUT2D eigenvalue weighted by Gasteiger charge is 2.23. The van der Waals surface area contributed by atoms with Crippen LogP contribution in [0, 0.1) is 6.92 Å². The van der Waals surface area contributed by atoms with Crippen LogP contribution in [0.15, 0.2) is 18.2 Å². The number of aliphatic hydroxyl groups is 1.